The number of hydrogen-bond donors (Lipinski definition) is 2. The third-order valence-corrected chi connectivity index (χ3v) is 4.02. The van der Waals surface area contributed by atoms with Gasteiger partial charge in [-0.25, -0.2) is 0 Å². The second-order valence-corrected chi connectivity index (χ2v) is 5.68. The molecule has 0 aliphatic carbocycles. The first-order valence-electron chi connectivity index (χ1n) is 7.91. The van der Waals surface area contributed by atoms with Crippen LogP contribution in [0.5, 0.6) is 0 Å². The van der Waals surface area contributed by atoms with Crippen LogP contribution >= 0.6 is 0 Å². The highest BCUT2D eigenvalue weighted by Gasteiger charge is 2.29. The van der Waals surface area contributed by atoms with Crippen LogP contribution in [-0.2, 0) is 16.0 Å². The number of aliphatic hydroxyl groups excluding tert-OH is 1. The second kappa shape index (κ2) is 8.54. The van der Waals surface area contributed by atoms with Gasteiger partial charge >= 0.3 is 0 Å². The molecule has 22 heavy (non-hydrogen) atoms. The highest BCUT2D eigenvalue weighted by atomic mass is 16.3. The van der Waals surface area contributed by atoms with Crippen molar-refractivity contribution in [1.82, 2.24) is 10.2 Å². The van der Waals surface area contributed by atoms with Gasteiger partial charge in [0.2, 0.25) is 11.8 Å². The fraction of sp³-hybridized carbons (Fsp3) is 0.529. The number of nitrogens with zero attached hydrogens (tertiary/aromatic N) is 1. The van der Waals surface area contributed by atoms with E-state index in [0.29, 0.717) is 25.9 Å². The lowest BCUT2D eigenvalue weighted by Gasteiger charge is -2.32. The summed E-state index contributed by atoms with van der Waals surface area (Å²) in [6.07, 6.45) is 2.88. The Morgan fingerprint density at radius 2 is 2.09 bits per heavy atom. The summed E-state index contributed by atoms with van der Waals surface area (Å²) in [6, 6.07) is 10.2. The van der Waals surface area contributed by atoms with E-state index in [1.807, 2.05) is 18.2 Å². The van der Waals surface area contributed by atoms with Crippen molar-refractivity contribution in [3.63, 3.8) is 0 Å². The minimum atomic E-state index is -0.152. The summed E-state index contributed by atoms with van der Waals surface area (Å²) in [6.45, 7) is 1.40. The molecule has 0 bridgehead atoms. The van der Waals surface area contributed by atoms with Crippen molar-refractivity contribution in [3.05, 3.63) is 35.9 Å². The van der Waals surface area contributed by atoms with Gasteiger partial charge in [-0.3, -0.25) is 9.59 Å². The summed E-state index contributed by atoms with van der Waals surface area (Å²) in [5, 5.41) is 11.4. The van der Waals surface area contributed by atoms with Crippen molar-refractivity contribution in [1.29, 1.82) is 0 Å². The molecule has 1 atom stereocenters. The van der Waals surface area contributed by atoms with Crippen molar-refractivity contribution in [2.45, 2.75) is 25.7 Å². The van der Waals surface area contributed by atoms with Crippen LogP contribution in [0.4, 0.5) is 0 Å². The number of piperidine rings is 1. The van der Waals surface area contributed by atoms with Crippen molar-refractivity contribution in [2.75, 3.05) is 26.2 Å². The van der Waals surface area contributed by atoms with Gasteiger partial charge in [0, 0.05) is 26.1 Å². The molecule has 5 heteroatoms. The maximum atomic E-state index is 12.0. The number of carbonyl (C=O) groups excluding carboxylic acids is 2. The van der Waals surface area contributed by atoms with E-state index < -0.39 is 0 Å². The first kappa shape index (κ1) is 16.5. The van der Waals surface area contributed by atoms with Crippen LogP contribution < -0.4 is 5.32 Å². The van der Waals surface area contributed by atoms with E-state index in [1.54, 1.807) is 4.90 Å². The predicted octanol–water partition coefficient (Wildman–Crippen LogP) is 0.966. The Morgan fingerprint density at radius 1 is 1.32 bits per heavy atom. The number of hydrogen-bond acceptors (Lipinski definition) is 3. The molecule has 2 amide bonds. The van der Waals surface area contributed by atoms with E-state index in [9.17, 15) is 9.59 Å². The van der Waals surface area contributed by atoms with Crippen LogP contribution in [0.3, 0.4) is 0 Å². The molecule has 0 aromatic heterocycles. The molecule has 1 aromatic rings. The van der Waals surface area contributed by atoms with E-state index in [2.05, 4.69) is 17.4 Å². The average molecular weight is 304 g/mol. The standard InChI is InChI=1S/C17H24N2O3/c20-12-10-18-17(22)15-8-9-16(21)19(13-15)11-4-7-14-5-2-1-3-6-14/h1-3,5-6,15,20H,4,7-13H2,(H,18,22)/t15-/m1/s1. The first-order valence-corrected chi connectivity index (χ1v) is 7.91. The summed E-state index contributed by atoms with van der Waals surface area (Å²) >= 11 is 0. The smallest absolute Gasteiger partial charge is 0.224 e. The number of nitrogens with one attached hydrogen (secondary N) is 1. The molecule has 0 spiro atoms. The van der Waals surface area contributed by atoms with Crippen LogP contribution in [0.1, 0.15) is 24.8 Å². The Bertz CT molecular complexity index is 490. The SMILES string of the molecule is O=C(NCCO)[C@@H]1CCC(=O)N(CCCc2ccccc2)C1. The van der Waals surface area contributed by atoms with Gasteiger partial charge in [-0.05, 0) is 24.8 Å². The summed E-state index contributed by atoms with van der Waals surface area (Å²) in [5.41, 5.74) is 1.27. The minimum Gasteiger partial charge on any atom is -0.395 e. The number of benzene rings is 1. The van der Waals surface area contributed by atoms with E-state index >= 15 is 0 Å². The summed E-state index contributed by atoms with van der Waals surface area (Å²) < 4.78 is 0. The molecule has 1 aliphatic rings. The van der Waals surface area contributed by atoms with E-state index in [1.165, 1.54) is 5.56 Å². The summed E-state index contributed by atoms with van der Waals surface area (Å²) in [5.74, 6) is -0.0742. The molecule has 1 aromatic carbocycles. The first-order chi connectivity index (χ1) is 10.7. The predicted molar refractivity (Wildman–Crippen MR) is 84.2 cm³/mol. The zero-order valence-corrected chi connectivity index (χ0v) is 12.8. The number of rotatable bonds is 7. The molecular formula is C17H24N2O3. The molecular weight excluding hydrogens is 280 g/mol. The monoisotopic (exact) mass is 304 g/mol. The lowest BCUT2D eigenvalue weighted by molar-refractivity contribution is -0.138. The van der Waals surface area contributed by atoms with Gasteiger partial charge in [0.15, 0.2) is 0 Å². The maximum Gasteiger partial charge on any atom is 0.224 e. The Labute approximate surface area is 131 Å². The third kappa shape index (κ3) is 4.84. The lowest BCUT2D eigenvalue weighted by Crippen LogP contribution is -2.46. The van der Waals surface area contributed by atoms with Gasteiger partial charge in [-0.15, -0.1) is 0 Å². The zero-order valence-electron chi connectivity index (χ0n) is 12.8. The third-order valence-electron chi connectivity index (χ3n) is 4.02. The molecule has 1 aliphatic heterocycles. The number of likely N-dealkylation sites (tertiary alicyclic amines) is 1. The van der Waals surface area contributed by atoms with Gasteiger partial charge < -0.3 is 15.3 Å². The molecule has 2 N–H and O–H groups in total. The van der Waals surface area contributed by atoms with Crippen LogP contribution in [0.25, 0.3) is 0 Å². The highest BCUT2D eigenvalue weighted by Crippen LogP contribution is 2.18. The van der Waals surface area contributed by atoms with E-state index in [4.69, 9.17) is 5.11 Å². The molecule has 5 nitrogen and oxygen atoms in total. The molecule has 0 saturated carbocycles. The van der Waals surface area contributed by atoms with Crippen LogP contribution in [-0.4, -0.2) is 48.1 Å². The second-order valence-electron chi connectivity index (χ2n) is 5.68. The molecule has 1 heterocycles. The van der Waals surface area contributed by atoms with Crippen molar-refractivity contribution >= 4 is 11.8 Å². The zero-order chi connectivity index (χ0) is 15.8. The largest absolute Gasteiger partial charge is 0.395 e. The van der Waals surface area contributed by atoms with Crippen LogP contribution in [0.2, 0.25) is 0 Å². The number of carbonyl (C=O) groups is 2. The Balaban J connectivity index is 1.79. The summed E-state index contributed by atoms with van der Waals surface area (Å²) in [4.78, 5) is 25.7. The quantitative estimate of drug-likeness (QED) is 0.788. The minimum absolute atomic E-state index is 0.0574. The molecule has 1 saturated heterocycles. The summed E-state index contributed by atoms with van der Waals surface area (Å²) in [7, 11) is 0. The highest BCUT2D eigenvalue weighted by molar-refractivity contribution is 5.83. The maximum absolute atomic E-state index is 12.0. The number of aliphatic hydroxyl groups is 1. The molecule has 120 valence electrons. The van der Waals surface area contributed by atoms with Gasteiger partial charge in [0.05, 0.1) is 12.5 Å². The lowest BCUT2D eigenvalue weighted by atomic mass is 9.96. The van der Waals surface area contributed by atoms with Gasteiger partial charge in [-0.2, -0.15) is 0 Å². The Hall–Kier alpha value is -1.88. The average Bonchev–Trinajstić information content (AvgIpc) is 2.55. The number of aryl methyl sites for hydroxylation is 1. The van der Waals surface area contributed by atoms with Gasteiger partial charge in [0.25, 0.3) is 0 Å². The van der Waals surface area contributed by atoms with Crippen molar-refractivity contribution < 1.29 is 14.7 Å². The molecule has 0 radical (unpaired) electrons. The topological polar surface area (TPSA) is 69.6 Å². The van der Waals surface area contributed by atoms with Crippen molar-refractivity contribution in [3.8, 4) is 0 Å². The molecule has 2 rings (SSSR count). The number of amides is 2. The van der Waals surface area contributed by atoms with Gasteiger partial charge in [0.1, 0.15) is 0 Å². The fourth-order valence-electron chi connectivity index (χ4n) is 2.79. The van der Waals surface area contributed by atoms with Gasteiger partial charge in [-0.1, -0.05) is 30.3 Å². The molecule has 0 unspecified atom stereocenters. The Kier molecular flexibility index (Phi) is 6.40. The molecule has 1 fully saturated rings. The van der Waals surface area contributed by atoms with Crippen LogP contribution in [0, 0.1) is 5.92 Å². The fourth-order valence-corrected chi connectivity index (χ4v) is 2.79. The van der Waals surface area contributed by atoms with Crippen molar-refractivity contribution in [2.24, 2.45) is 5.92 Å². The normalized spacial score (nSPS) is 18.3. The van der Waals surface area contributed by atoms with E-state index in [0.717, 1.165) is 12.8 Å². The van der Waals surface area contributed by atoms with Crippen LogP contribution in [0.15, 0.2) is 30.3 Å². The van der Waals surface area contributed by atoms with E-state index in [-0.39, 0.29) is 30.9 Å². The Morgan fingerprint density at radius 3 is 2.82 bits per heavy atom.